The highest BCUT2D eigenvalue weighted by Gasteiger charge is 2.25. The molecular formula is C11H13ClN2O3. The fourth-order valence-electron chi connectivity index (χ4n) is 1.75. The maximum atomic E-state index is 11.1. The molecule has 5 nitrogen and oxygen atoms in total. The van der Waals surface area contributed by atoms with E-state index < -0.39 is 6.09 Å². The van der Waals surface area contributed by atoms with Crippen LogP contribution in [0.1, 0.15) is 19.0 Å². The Hall–Kier alpha value is -1.49. The van der Waals surface area contributed by atoms with Crippen LogP contribution in [0.5, 0.6) is 5.75 Å². The van der Waals surface area contributed by atoms with Crippen LogP contribution in [0, 0.1) is 0 Å². The number of hydrogen-bond donors (Lipinski definition) is 1. The molecule has 1 aromatic rings. The predicted molar refractivity (Wildman–Crippen MR) is 62.4 cm³/mol. The van der Waals surface area contributed by atoms with Gasteiger partial charge in [-0.1, -0.05) is 18.5 Å². The maximum Gasteiger partial charge on any atom is 0.407 e. The summed E-state index contributed by atoms with van der Waals surface area (Å²) in [6.45, 7) is 2.51. The number of nitrogens with zero attached hydrogens (tertiary/aromatic N) is 2. The summed E-state index contributed by atoms with van der Waals surface area (Å²) in [4.78, 5) is 16.5. The lowest BCUT2D eigenvalue weighted by atomic mass is 10.2. The minimum atomic E-state index is -0.971. The summed E-state index contributed by atoms with van der Waals surface area (Å²) in [7, 11) is 0. The Morgan fingerprint density at radius 2 is 2.47 bits per heavy atom. The summed E-state index contributed by atoms with van der Waals surface area (Å²) in [6, 6.07) is 3.38. The summed E-state index contributed by atoms with van der Waals surface area (Å²) in [5.41, 5.74) is 0.566. The Bertz CT molecular complexity index is 439. The molecule has 92 valence electrons. The molecule has 1 atom stereocenters. The first-order valence-corrected chi connectivity index (χ1v) is 5.78. The van der Waals surface area contributed by atoms with Gasteiger partial charge in [0.1, 0.15) is 22.7 Å². The fraction of sp³-hybridized carbons (Fsp3) is 0.455. The lowest BCUT2D eigenvalue weighted by Crippen LogP contribution is -2.36. The number of halogens is 1. The molecule has 1 aliphatic rings. The van der Waals surface area contributed by atoms with Crippen molar-refractivity contribution in [2.45, 2.75) is 26.0 Å². The molecule has 1 aromatic heterocycles. The quantitative estimate of drug-likeness (QED) is 0.784. The van der Waals surface area contributed by atoms with E-state index >= 15 is 0 Å². The van der Waals surface area contributed by atoms with Crippen LogP contribution in [0.25, 0.3) is 0 Å². The minimum Gasteiger partial charge on any atom is -0.487 e. The van der Waals surface area contributed by atoms with Gasteiger partial charge in [-0.2, -0.15) is 0 Å². The molecule has 17 heavy (non-hydrogen) atoms. The first-order valence-electron chi connectivity index (χ1n) is 5.40. The van der Waals surface area contributed by atoms with Crippen molar-refractivity contribution >= 4 is 17.7 Å². The first kappa shape index (κ1) is 12.0. The predicted octanol–water partition coefficient (Wildman–Crippen LogP) is 2.39. The number of pyridine rings is 1. The molecule has 0 aromatic carbocycles. The van der Waals surface area contributed by atoms with Gasteiger partial charge in [0.25, 0.3) is 0 Å². The Morgan fingerprint density at radius 3 is 3.12 bits per heavy atom. The molecule has 0 bridgehead atoms. The van der Waals surface area contributed by atoms with E-state index in [1.165, 1.54) is 4.90 Å². The van der Waals surface area contributed by atoms with Crippen LogP contribution in [0.2, 0.25) is 5.15 Å². The van der Waals surface area contributed by atoms with Crippen molar-refractivity contribution in [2.75, 3.05) is 6.54 Å². The van der Waals surface area contributed by atoms with Crippen LogP contribution in [0.3, 0.4) is 0 Å². The van der Waals surface area contributed by atoms with Crippen molar-refractivity contribution in [1.82, 2.24) is 9.88 Å². The SMILES string of the molecule is CC[C@H]1CN(C(=O)O)Cc2nc(Cl)ccc2O1. The average molecular weight is 257 g/mol. The van der Waals surface area contributed by atoms with Crippen molar-refractivity contribution in [3.8, 4) is 5.75 Å². The third kappa shape index (κ3) is 2.61. The summed E-state index contributed by atoms with van der Waals surface area (Å²) < 4.78 is 5.72. The van der Waals surface area contributed by atoms with Crippen molar-refractivity contribution in [1.29, 1.82) is 0 Å². The maximum absolute atomic E-state index is 11.1. The van der Waals surface area contributed by atoms with E-state index in [4.69, 9.17) is 21.4 Å². The van der Waals surface area contributed by atoms with E-state index in [1.54, 1.807) is 12.1 Å². The molecule has 6 heteroatoms. The van der Waals surface area contributed by atoms with E-state index in [0.29, 0.717) is 23.1 Å². The van der Waals surface area contributed by atoms with Crippen molar-refractivity contribution in [3.63, 3.8) is 0 Å². The van der Waals surface area contributed by atoms with Gasteiger partial charge >= 0.3 is 6.09 Å². The molecule has 0 radical (unpaired) electrons. The summed E-state index contributed by atoms with van der Waals surface area (Å²) in [5, 5.41) is 9.42. The van der Waals surface area contributed by atoms with Crippen LogP contribution in [-0.4, -0.2) is 33.7 Å². The van der Waals surface area contributed by atoms with Gasteiger partial charge in [-0.15, -0.1) is 0 Å². The zero-order valence-corrected chi connectivity index (χ0v) is 10.1. The molecule has 1 aliphatic heterocycles. The Labute approximate surface area is 104 Å². The van der Waals surface area contributed by atoms with Crippen molar-refractivity contribution in [2.24, 2.45) is 0 Å². The van der Waals surface area contributed by atoms with Crippen LogP contribution in [0.4, 0.5) is 4.79 Å². The zero-order chi connectivity index (χ0) is 12.4. The van der Waals surface area contributed by atoms with E-state index in [1.807, 2.05) is 6.92 Å². The molecule has 0 saturated carbocycles. The van der Waals surface area contributed by atoms with E-state index in [0.717, 1.165) is 6.42 Å². The largest absolute Gasteiger partial charge is 0.487 e. The van der Waals surface area contributed by atoms with Gasteiger partial charge in [-0.3, -0.25) is 4.90 Å². The van der Waals surface area contributed by atoms with E-state index in [2.05, 4.69) is 4.98 Å². The highest BCUT2D eigenvalue weighted by Crippen LogP contribution is 2.26. The zero-order valence-electron chi connectivity index (χ0n) is 9.39. The highest BCUT2D eigenvalue weighted by molar-refractivity contribution is 6.29. The Morgan fingerprint density at radius 1 is 1.71 bits per heavy atom. The van der Waals surface area contributed by atoms with Crippen molar-refractivity contribution < 1.29 is 14.6 Å². The number of carbonyl (C=O) groups is 1. The van der Waals surface area contributed by atoms with E-state index in [-0.39, 0.29) is 12.6 Å². The van der Waals surface area contributed by atoms with Gasteiger partial charge in [0, 0.05) is 0 Å². The summed E-state index contributed by atoms with van der Waals surface area (Å²) in [5.74, 6) is 0.616. The van der Waals surface area contributed by atoms with Gasteiger partial charge in [0.05, 0.1) is 13.1 Å². The fourth-order valence-corrected chi connectivity index (χ4v) is 1.91. The van der Waals surface area contributed by atoms with Crippen LogP contribution < -0.4 is 4.74 Å². The molecule has 2 rings (SSSR count). The lowest BCUT2D eigenvalue weighted by Gasteiger charge is -2.19. The standard InChI is InChI=1S/C11H13ClN2O3/c1-2-7-5-14(11(15)16)6-8-9(17-7)3-4-10(12)13-8/h3-4,7H,2,5-6H2,1H3,(H,15,16)/t7-/m0/s1. The second-order valence-electron chi connectivity index (χ2n) is 3.89. The molecule has 1 N–H and O–H groups in total. The molecule has 0 spiro atoms. The second kappa shape index (κ2) is 4.79. The molecule has 0 saturated heterocycles. The third-order valence-corrected chi connectivity index (χ3v) is 2.89. The number of carboxylic acid groups (broad SMARTS) is 1. The van der Waals surface area contributed by atoms with Crippen LogP contribution in [-0.2, 0) is 6.54 Å². The average Bonchev–Trinajstić information content (AvgIpc) is 2.47. The monoisotopic (exact) mass is 256 g/mol. The van der Waals surface area contributed by atoms with Crippen LogP contribution >= 0.6 is 11.6 Å². The molecule has 0 unspecified atom stereocenters. The van der Waals surface area contributed by atoms with Gasteiger partial charge in [-0.25, -0.2) is 9.78 Å². The minimum absolute atomic E-state index is 0.143. The highest BCUT2D eigenvalue weighted by atomic mass is 35.5. The molecule has 0 aliphatic carbocycles. The number of amides is 1. The molecule has 0 fully saturated rings. The molecule has 2 heterocycles. The second-order valence-corrected chi connectivity index (χ2v) is 4.28. The molecule has 1 amide bonds. The number of fused-ring (bicyclic) bond motifs is 1. The van der Waals surface area contributed by atoms with Gasteiger partial charge in [0.2, 0.25) is 0 Å². The topological polar surface area (TPSA) is 62.7 Å². The third-order valence-electron chi connectivity index (χ3n) is 2.68. The number of rotatable bonds is 1. The number of ether oxygens (including phenoxy) is 1. The summed E-state index contributed by atoms with van der Waals surface area (Å²) >= 11 is 5.79. The van der Waals surface area contributed by atoms with Gasteiger partial charge in [0.15, 0.2) is 0 Å². The Balaban J connectivity index is 2.35. The number of aromatic nitrogens is 1. The van der Waals surface area contributed by atoms with Crippen molar-refractivity contribution in [3.05, 3.63) is 23.0 Å². The normalized spacial score (nSPS) is 19.2. The van der Waals surface area contributed by atoms with E-state index in [9.17, 15) is 4.79 Å². The lowest BCUT2D eigenvalue weighted by molar-refractivity contribution is 0.114. The van der Waals surface area contributed by atoms with Crippen LogP contribution in [0.15, 0.2) is 12.1 Å². The Kier molecular flexibility index (Phi) is 3.38. The van der Waals surface area contributed by atoms with Gasteiger partial charge in [-0.05, 0) is 18.6 Å². The molecular weight excluding hydrogens is 244 g/mol. The van der Waals surface area contributed by atoms with Gasteiger partial charge < -0.3 is 9.84 Å². The first-order chi connectivity index (χ1) is 8.10. The smallest absolute Gasteiger partial charge is 0.407 e. The summed E-state index contributed by atoms with van der Waals surface area (Å²) in [6.07, 6.45) is -0.372. The number of hydrogen-bond acceptors (Lipinski definition) is 3.